The van der Waals surface area contributed by atoms with Crippen molar-refractivity contribution < 1.29 is 27.4 Å². The highest BCUT2D eigenvalue weighted by molar-refractivity contribution is 7.92. The number of carbonyl (C=O) groups excluding carboxylic acids is 1. The average Bonchev–Trinajstić information content (AvgIpc) is 2.76. The van der Waals surface area contributed by atoms with E-state index in [1.165, 1.54) is 4.31 Å². The molecule has 0 atom stereocenters. The molecular weight excluding hydrogens is 420 g/mol. The van der Waals surface area contributed by atoms with Crippen LogP contribution in [0.25, 0.3) is 0 Å². The number of ether oxygens (including phenoxy) is 3. The number of carbonyl (C=O) groups is 1. The monoisotopic (exact) mass is 450 g/mol. The number of benzene rings is 2. The van der Waals surface area contributed by atoms with Gasteiger partial charge in [-0.25, -0.2) is 8.42 Å². The van der Waals surface area contributed by atoms with Crippen molar-refractivity contribution in [2.45, 2.75) is 19.3 Å². The number of anilines is 1. The van der Waals surface area contributed by atoms with Crippen molar-refractivity contribution in [1.82, 2.24) is 5.32 Å². The van der Waals surface area contributed by atoms with Gasteiger partial charge < -0.3 is 19.5 Å². The Morgan fingerprint density at radius 3 is 2.23 bits per heavy atom. The van der Waals surface area contributed by atoms with E-state index in [4.69, 9.17) is 14.2 Å². The quantitative estimate of drug-likeness (QED) is 0.534. The summed E-state index contributed by atoms with van der Waals surface area (Å²) in [6.45, 7) is 0.691. The summed E-state index contributed by atoms with van der Waals surface area (Å²) in [5, 5.41) is 2.87. The average molecular weight is 451 g/mol. The maximum Gasteiger partial charge on any atom is 0.232 e. The summed E-state index contributed by atoms with van der Waals surface area (Å²) in [6.07, 6.45) is 2.43. The van der Waals surface area contributed by atoms with Gasteiger partial charge in [0.25, 0.3) is 0 Å². The molecule has 2 rings (SSSR count). The van der Waals surface area contributed by atoms with Gasteiger partial charge in [0, 0.05) is 19.5 Å². The molecule has 0 aromatic heterocycles. The van der Waals surface area contributed by atoms with E-state index in [9.17, 15) is 13.2 Å². The number of methoxy groups -OCH3 is 3. The van der Waals surface area contributed by atoms with E-state index in [1.54, 1.807) is 45.6 Å². The molecule has 0 fully saturated rings. The minimum absolute atomic E-state index is 0.122. The Labute approximate surface area is 184 Å². The molecule has 8 nitrogen and oxygen atoms in total. The van der Waals surface area contributed by atoms with Gasteiger partial charge in [0.15, 0.2) is 11.5 Å². The van der Waals surface area contributed by atoms with Crippen LogP contribution in [-0.2, 0) is 21.2 Å². The maximum absolute atomic E-state index is 12.2. The van der Waals surface area contributed by atoms with Crippen LogP contribution in [0, 0.1) is 0 Å². The number of nitrogens with one attached hydrogen (secondary N) is 1. The van der Waals surface area contributed by atoms with Crippen LogP contribution in [0.2, 0.25) is 0 Å². The van der Waals surface area contributed by atoms with Crippen LogP contribution < -0.4 is 23.8 Å². The van der Waals surface area contributed by atoms with Crippen LogP contribution in [0.4, 0.5) is 5.69 Å². The molecule has 0 aliphatic carbocycles. The van der Waals surface area contributed by atoms with Gasteiger partial charge in [0.2, 0.25) is 15.9 Å². The lowest BCUT2D eigenvalue weighted by molar-refractivity contribution is -0.121. The topological polar surface area (TPSA) is 94.2 Å². The Bertz CT molecular complexity index is 960. The molecule has 9 heteroatoms. The zero-order chi connectivity index (χ0) is 22.9. The third-order valence-corrected chi connectivity index (χ3v) is 5.90. The largest absolute Gasteiger partial charge is 0.497 e. The smallest absolute Gasteiger partial charge is 0.232 e. The lowest BCUT2D eigenvalue weighted by Crippen LogP contribution is -2.32. The summed E-state index contributed by atoms with van der Waals surface area (Å²) in [6, 6.07) is 12.4. The highest BCUT2D eigenvalue weighted by Crippen LogP contribution is 2.27. The predicted octanol–water partition coefficient (Wildman–Crippen LogP) is 2.62. The molecule has 0 radical (unpaired) electrons. The number of hydrogen-bond acceptors (Lipinski definition) is 6. The van der Waals surface area contributed by atoms with Crippen molar-refractivity contribution in [1.29, 1.82) is 0 Å². The van der Waals surface area contributed by atoms with Crippen molar-refractivity contribution in [3.8, 4) is 17.2 Å². The third-order valence-electron chi connectivity index (χ3n) is 4.71. The lowest BCUT2D eigenvalue weighted by Gasteiger charge is -2.22. The first kappa shape index (κ1) is 24.3. The molecule has 0 saturated carbocycles. The molecule has 1 amide bonds. The number of hydrogen-bond donors (Lipinski definition) is 1. The summed E-state index contributed by atoms with van der Waals surface area (Å²) >= 11 is 0. The molecule has 0 saturated heterocycles. The van der Waals surface area contributed by atoms with Crippen LogP contribution in [-0.4, -0.2) is 55.0 Å². The minimum atomic E-state index is -3.46. The van der Waals surface area contributed by atoms with Gasteiger partial charge in [0.05, 0.1) is 33.3 Å². The Kier molecular flexibility index (Phi) is 8.99. The highest BCUT2D eigenvalue weighted by atomic mass is 32.2. The molecule has 0 bridgehead atoms. The van der Waals surface area contributed by atoms with Crippen molar-refractivity contribution in [3.63, 3.8) is 0 Å². The van der Waals surface area contributed by atoms with Crippen molar-refractivity contribution in [2.75, 3.05) is 45.0 Å². The molecule has 0 aliphatic heterocycles. The predicted molar refractivity (Wildman–Crippen MR) is 121 cm³/mol. The summed E-state index contributed by atoms with van der Waals surface area (Å²) in [5.74, 6) is 1.82. The molecular formula is C22H30N2O6S. The van der Waals surface area contributed by atoms with Gasteiger partial charge in [-0.1, -0.05) is 6.07 Å². The fraction of sp³-hybridized carbons (Fsp3) is 0.409. The van der Waals surface area contributed by atoms with Gasteiger partial charge >= 0.3 is 0 Å². The normalized spacial score (nSPS) is 11.0. The van der Waals surface area contributed by atoms with Crippen molar-refractivity contribution in [3.05, 3.63) is 48.0 Å². The van der Waals surface area contributed by atoms with E-state index in [2.05, 4.69) is 5.32 Å². The fourth-order valence-electron chi connectivity index (χ4n) is 3.09. The second-order valence-corrected chi connectivity index (χ2v) is 8.83. The molecule has 31 heavy (non-hydrogen) atoms. The minimum Gasteiger partial charge on any atom is -0.497 e. The molecule has 170 valence electrons. The zero-order valence-corrected chi connectivity index (χ0v) is 19.2. The first-order valence-electron chi connectivity index (χ1n) is 9.88. The Morgan fingerprint density at radius 1 is 0.968 bits per heavy atom. The maximum atomic E-state index is 12.2. The van der Waals surface area contributed by atoms with Gasteiger partial charge in [0.1, 0.15) is 5.75 Å². The van der Waals surface area contributed by atoms with Crippen molar-refractivity contribution >= 4 is 21.6 Å². The Balaban J connectivity index is 1.83. The van der Waals surface area contributed by atoms with E-state index in [0.717, 1.165) is 11.8 Å². The van der Waals surface area contributed by atoms with E-state index in [-0.39, 0.29) is 18.9 Å². The van der Waals surface area contributed by atoms with Crippen LogP contribution in [0.1, 0.15) is 18.4 Å². The zero-order valence-electron chi connectivity index (χ0n) is 18.4. The number of rotatable bonds is 12. The molecule has 0 aliphatic rings. The lowest BCUT2D eigenvalue weighted by atomic mass is 10.1. The second kappa shape index (κ2) is 11.5. The van der Waals surface area contributed by atoms with Crippen molar-refractivity contribution in [2.24, 2.45) is 0 Å². The van der Waals surface area contributed by atoms with E-state index >= 15 is 0 Å². The Hall–Kier alpha value is -2.94. The highest BCUT2D eigenvalue weighted by Gasteiger charge is 2.17. The molecule has 2 aromatic carbocycles. The molecule has 1 N–H and O–H groups in total. The van der Waals surface area contributed by atoms with E-state index in [0.29, 0.717) is 42.3 Å². The first-order chi connectivity index (χ1) is 14.8. The second-order valence-electron chi connectivity index (χ2n) is 6.93. The molecule has 0 heterocycles. The summed E-state index contributed by atoms with van der Waals surface area (Å²) in [4.78, 5) is 12.2. The number of sulfonamides is 1. The first-order valence-corrected chi connectivity index (χ1v) is 11.7. The number of nitrogens with zero attached hydrogens (tertiary/aromatic N) is 1. The summed E-state index contributed by atoms with van der Waals surface area (Å²) in [7, 11) is 1.25. The van der Waals surface area contributed by atoms with Crippen LogP contribution in [0.5, 0.6) is 17.2 Å². The molecule has 2 aromatic rings. The van der Waals surface area contributed by atoms with Crippen LogP contribution in [0.3, 0.4) is 0 Å². The fourth-order valence-corrected chi connectivity index (χ4v) is 4.05. The Morgan fingerprint density at radius 2 is 1.65 bits per heavy atom. The summed E-state index contributed by atoms with van der Waals surface area (Å²) < 4.78 is 41.2. The van der Waals surface area contributed by atoms with E-state index < -0.39 is 10.0 Å². The van der Waals surface area contributed by atoms with Gasteiger partial charge in [-0.05, 0) is 54.8 Å². The molecule has 0 spiro atoms. The van der Waals surface area contributed by atoms with E-state index in [1.807, 2.05) is 18.2 Å². The standard InChI is InChI=1S/C22H30N2O6S/c1-28-19-10-8-18(9-11-19)24(31(4,26)27)15-5-6-22(25)23-14-13-17-7-12-20(29-2)21(16-17)30-3/h7-12,16H,5-6,13-15H2,1-4H3,(H,23,25). The van der Waals surface area contributed by atoms with Gasteiger partial charge in [-0.3, -0.25) is 9.10 Å². The number of amides is 1. The SMILES string of the molecule is COc1ccc(N(CCCC(=O)NCCc2ccc(OC)c(OC)c2)S(C)(=O)=O)cc1. The van der Waals surface area contributed by atoms with Gasteiger partial charge in [-0.15, -0.1) is 0 Å². The third kappa shape index (κ3) is 7.36. The van der Waals surface area contributed by atoms with Crippen LogP contribution in [0.15, 0.2) is 42.5 Å². The van der Waals surface area contributed by atoms with Crippen LogP contribution >= 0.6 is 0 Å². The molecule has 0 unspecified atom stereocenters. The van der Waals surface area contributed by atoms with Gasteiger partial charge in [-0.2, -0.15) is 0 Å². The summed E-state index contributed by atoms with van der Waals surface area (Å²) in [5.41, 5.74) is 1.55.